The van der Waals surface area contributed by atoms with Crippen LogP contribution in [0.1, 0.15) is 41.1 Å². The van der Waals surface area contributed by atoms with E-state index in [0.717, 1.165) is 29.8 Å². The number of rotatable bonds is 1. The summed E-state index contributed by atoms with van der Waals surface area (Å²) in [6, 6.07) is 13.5. The van der Waals surface area contributed by atoms with Crippen molar-refractivity contribution in [3.63, 3.8) is 0 Å². The highest BCUT2D eigenvalue weighted by molar-refractivity contribution is 5.42. The molecule has 2 atom stereocenters. The average molecular weight is 291 g/mol. The minimum absolute atomic E-state index is 0.0420. The van der Waals surface area contributed by atoms with E-state index in [9.17, 15) is 13.2 Å². The maximum atomic E-state index is 12.6. The Balaban J connectivity index is 1.97. The molecule has 1 aliphatic heterocycles. The zero-order valence-corrected chi connectivity index (χ0v) is 11.6. The molecule has 0 aromatic heterocycles. The van der Waals surface area contributed by atoms with E-state index in [1.807, 2.05) is 18.2 Å². The SMILES string of the molecule is CC1CNC(c2ccc(C(F)(F)F)cc2)c2ccccc21. The Kier molecular flexibility index (Phi) is 3.49. The summed E-state index contributed by atoms with van der Waals surface area (Å²) in [4.78, 5) is 0. The van der Waals surface area contributed by atoms with Crippen molar-refractivity contribution in [1.82, 2.24) is 5.32 Å². The molecule has 2 unspecified atom stereocenters. The first-order chi connectivity index (χ1) is 9.97. The minimum Gasteiger partial charge on any atom is -0.306 e. The van der Waals surface area contributed by atoms with Crippen LogP contribution in [-0.4, -0.2) is 6.54 Å². The van der Waals surface area contributed by atoms with E-state index in [1.165, 1.54) is 5.56 Å². The van der Waals surface area contributed by atoms with Gasteiger partial charge in [-0.1, -0.05) is 43.3 Å². The normalized spacial score (nSPS) is 21.9. The zero-order chi connectivity index (χ0) is 15.0. The van der Waals surface area contributed by atoms with E-state index in [1.54, 1.807) is 12.1 Å². The van der Waals surface area contributed by atoms with Crippen LogP contribution in [0.15, 0.2) is 48.5 Å². The van der Waals surface area contributed by atoms with Gasteiger partial charge in [-0.2, -0.15) is 13.2 Å². The number of alkyl halides is 3. The highest BCUT2D eigenvalue weighted by atomic mass is 19.4. The van der Waals surface area contributed by atoms with Crippen LogP contribution in [0, 0.1) is 0 Å². The molecular formula is C17H16F3N. The first kappa shape index (κ1) is 14.1. The van der Waals surface area contributed by atoms with Gasteiger partial charge in [-0.15, -0.1) is 0 Å². The van der Waals surface area contributed by atoms with Crippen molar-refractivity contribution in [2.45, 2.75) is 25.1 Å². The molecule has 0 radical (unpaired) electrons. The molecule has 110 valence electrons. The van der Waals surface area contributed by atoms with Crippen LogP contribution in [0.4, 0.5) is 13.2 Å². The van der Waals surface area contributed by atoms with E-state index in [-0.39, 0.29) is 6.04 Å². The molecule has 0 fully saturated rings. The molecule has 0 amide bonds. The second kappa shape index (κ2) is 5.19. The third-order valence-corrected chi connectivity index (χ3v) is 4.04. The third-order valence-electron chi connectivity index (χ3n) is 4.04. The van der Waals surface area contributed by atoms with Crippen molar-refractivity contribution >= 4 is 0 Å². The summed E-state index contributed by atoms with van der Waals surface area (Å²) in [6.45, 7) is 2.97. The number of nitrogens with one attached hydrogen (secondary N) is 1. The van der Waals surface area contributed by atoms with E-state index in [0.29, 0.717) is 5.92 Å². The summed E-state index contributed by atoms with van der Waals surface area (Å²) in [5.41, 5.74) is 2.67. The average Bonchev–Trinajstić information content (AvgIpc) is 2.47. The van der Waals surface area contributed by atoms with Gasteiger partial charge in [-0.3, -0.25) is 0 Å². The lowest BCUT2D eigenvalue weighted by atomic mass is 9.85. The highest BCUT2D eigenvalue weighted by Crippen LogP contribution is 2.35. The summed E-state index contributed by atoms with van der Waals surface area (Å²) in [5, 5.41) is 3.42. The van der Waals surface area contributed by atoms with Gasteiger partial charge in [0.1, 0.15) is 0 Å². The van der Waals surface area contributed by atoms with Gasteiger partial charge in [-0.25, -0.2) is 0 Å². The molecule has 1 heterocycles. The van der Waals surface area contributed by atoms with Crippen LogP contribution in [0.2, 0.25) is 0 Å². The second-order valence-electron chi connectivity index (χ2n) is 5.49. The van der Waals surface area contributed by atoms with Crippen LogP contribution < -0.4 is 5.32 Å². The van der Waals surface area contributed by atoms with Gasteiger partial charge in [0.2, 0.25) is 0 Å². The Morgan fingerprint density at radius 3 is 2.19 bits per heavy atom. The molecule has 0 saturated carbocycles. The molecule has 1 aliphatic rings. The van der Waals surface area contributed by atoms with Gasteiger partial charge in [0.25, 0.3) is 0 Å². The van der Waals surface area contributed by atoms with Gasteiger partial charge in [0, 0.05) is 6.54 Å². The lowest BCUT2D eigenvalue weighted by Crippen LogP contribution is -2.32. The topological polar surface area (TPSA) is 12.0 Å². The summed E-state index contributed by atoms with van der Waals surface area (Å²) >= 11 is 0. The third kappa shape index (κ3) is 2.68. The molecule has 0 spiro atoms. The van der Waals surface area contributed by atoms with E-state index in [2.05, 4.69) is 18.3 Å². The second-order valence-corrected chi connectivity index (χ2v) is 5.49. The maximum absolute atomic E-state index is 12.6. The van der Waals surface area contributed by atoms with Gasteiger partial charge in [-0.05, 0) is 34.7 Å². The standard InChI is InChI=1S/C17H16F3N/c1-11-10-21-16(15-5-3-2-4-14(11)15)12-6-8-13(9-7-12)17(18,19)20/h2-9,11,16,21H,10H2,1H3. The van der Waals surface area contributed by atoms with Gasteiger partial charge in [0.15, 0.2) is 0 Å². The number of hydrogen-bond donors (Lipinski definition) is 1. The maximum Gasteiger partial charge on any atom is 0.416 e. The van der Waals surface area contributed by atoms with E-state index < -0.39 is 11.7 Å². The van der Waals surface area contributed by atoms with Crippen LogP contribution >= 0.6 is 0 Å². The Morgan fingerprint density at radius 2 is 1.57 bits per heavy atom. The Morgan fingerprint density at radius 1 is 0.952 bits per heavy atom. The lowest BCUT2D eigenvalue weighted by Gasteiger charge is -2.31. The zero-order valence-electron chi connectivity index (χ0n) is 11.6. The molecule has 0 saturated heterocycles. The van der Waals surface area contributed by atoms with Crippen LogP contribution in [0.3, 0.4) is 0 Å². The summed E-state index contributed by atoms with van der Waals surface area (Å²) < 4.78 is 37.9. The number of fused-ring (bicyclic) bond motifs is 1. The minimum atomic E-state index is -4.29. The van der Waals surface area contributed by atoms with Gasteiger partial charge >= 0.3 is 6.18 Å². The predicted molar refractivity (Wildman–Crippen MR) is 76.1 cm³/mol. The van der Waals surface area contributed by atoms with Crippen molar-refractivity contribution in [3.05, 3.63) is 70.8 Å². The molecule has 1 N–H and O–H groups in total. The fourth-order valence-electron chi connectivity index (χ4n) is 2.90. The van der Waals surface area contributed by atoms with Crippen molar-refractivity contribution < 1.29 is 13.2 Å². The van der Waals surface area contributed by atoms with Crippen molar-refractivity contribution in [3.8, 4) is 0 Å². The summed E-state index contributed by atoms with van der Waals surface area (Å²) in [5.74, 6) is 0.409. The van der Waals surface area contributed by atoms with Crippen molar-refractivity contribution in [2.75, 3.05) is 6.54 Å². The molecule has 2 aromatic carbocycles. The van der Waals surface area contributed by atoms with Gasteiger partial charge < -0.3 is 5.32 Å². The fraction of sp³-hybridized carbons (Fsp3) is 0.294. The lowest BCUT2D eigenvalue weighted by molar-refractivity contribution is -0.137. The Labute approximate surface area is 121 Å². The van der Waals surface area contributed by atoms with Gasteiger partial charge in [0.05, 0.1) is 11.6 Å². The predicted octanol–water partition coefficient (Wildman–Crippen LogP) is 4.50. The molecule has 0 aliphatic carbocycles. The number of benzene rings is 2. The smallest absolute Gasteiger partial charge is 0.306 e. The molecule has 4 heteroatoms. The van der Waals surface area contributed by atoms with E-state index >= 15 is 0 Å². The summed E-state index contributed by atoms with van der Waals surface area (Å²) in [7, 11) is 0. The Hall–Kier alpha value is -1.81. The van der Waals surface area contributed by atoms with Crippen molar-refractivity contribution in [2.24, 2.45) is 0 Å². The monoisotopic (exact) mass is 291 g/mol. The molecule has 2 aromatic rings. The summed E-state index contributed by atoms with van der Waals surface area (Å²) in [6.07, 6.45) is -4.29. The largest absolute Gasteiger partial charge is 0.416 e. The quantitative estimate of drug-likeness (QED) is 0.815. The van der Waals surface area contributed by atoms with Crippen LogP contribution in [-0.2, 0) is 6.18 Å². The Bertz CT molecular complexity index is 631. The first-order valence-corrected chi connectivity index (χ1v) is 6.96. The number of halogens is 3. The molecule has 1 nitrogen and oxygen atoms in total. The van der Waals surface area contributed by atoms with Crippen LogP contribution in [0.25, 0.3) is 0 Å². The highest BCUT2D eigenvalue weighted by Gasteiger charge is 2.31. The first-order valence-electron chi connectivity index (χ1n) is 6.96. The molecular weight excluding hydrogens is 275 g/mol. The molecule has 0 bridgehead atoms. The van der Waals surface area contributed by atoms with Crippen LogP contribution in [0.5, 0.6) is 0 Å². The number of hydrogen-bond acceptors (Lipinski definition) is 1. The molecule has 3 rings (SSSR count). The van der Waals surface area contributed by atoms with Crippen molar-refractivity contribution in [1.29, 1.82) is 0 Å². The fourth-order valence-corrected chi connectivity index (χ4v) is 2.90. The molecule has 21 heavy (non-hydrogen) atoms. The van der Waals surface area contributed by atoms with E-state index in [4.69, 9.17) is 0 Å².